The molecule has 0 aromatic rings. The summed E-state index contributed by atoms with van der Waals surface area (Å²) >= 11 is 0. The molecule has 11 heavy (non-hydrogen) atoms. The number of hydrogen-bond donors (Lipinski definition) is 0. The van der Waals surface area contributed by atoms with Crippen molar-refractivity contribution in [3.63, 3.8) is 0 Å². The van der Waals surface area contributed by atoms with E-state index in [1.807, 2.05) is 0 Å². The van der Waals surface area contributed by atoms with Crippen molar-refractivity contribution >= 4 is 0 Å². The van der Waals surface area contributed by atoms with E-state index in [2.05, 4.69) is 25.2 Å². The van der Waals surface area contributed by atoms with Crippen LogP contribution in [-0.2, 0) is 0 Å². The van der Waals surface area contributed by atoms with E-state index in [4.69, 9.17) is 0 Å². The van der Waals surface area contributed by atoms with Gasteiger partial charge in [-0.15, -0.1) is 0 Å². The molecule has 0 amide bonds. The summed E-state index contributed by atoms with van der Waals surface area (Å²) in [5.74, 6) is 0. The maximum absolute atomic E-state index is 2.43. The summed E-state index contributed by atoms with van der Waals surface area (Å²) in [7, 11) is 0. The zero-order valence-corrected chi connectivity index (χ0v) is 7.27. The van der Waals surface area contributed by atoms with Crippen LogP contribution in [-0.4, -0.2) is 0 Å². The van der Waals surface area contributed by atoms with Crippen molar-refractivity contribution in [2.24, 2.45) is 5.41 Å². The van der Waals surface area contributed by atoms with Gasteiger partial charge in [0.1, 0.15) is 0 Å². The molecule has 0 aromatic heterocycles. The van der Waals surface area contributed by atoms with E-state index in [-0.39, 0.29) is 0 Å². The quantitative estimate of drug-likeness (QED) is 0.534. The summed E-state index contributed by atoms with van der Waals surface area (Å²) in [6.45, 7) is 2.43. The standard InChI is InChI=1S/C11H16/c1-11(8-4-5-9-11)10-6-2-3-7-10/h2-3,6H,4-5,7-9H2,1H3. The molecule has 0 N–H and O–H groups in total. The first-order valence-electron chi connectivity index (χ1n) is 4.67. The summed E-state index contributed by atoms with van der Waals surface area (Å²) in [5, 5.41) is 0. The molecule has 0 saturated heterocycles. The lowest BCUT2D eigenvalue weighted by molar-refractivity contribution is 0.408. The Morgan fingerprint density at radius 1 is 1.27 bits per heavy atom. The molecule has 0 radical (unpaired) electrons. The topological polar surface area (TPSA) is 0 Å². The fourth-order valence-electron chi connectivity index (χ4n) is 2.37. The predicted molar refractivity (Wildman–Crippen MR) is 48.4 cm³/mol. The van der Waals surface area contributed by atoms with Crippen LogP contribution in [0, 0.1) is 5.41 Å². The number of rotatable bonds is 1. The highest BCUT2D eigenvalue weighted by Crippen LogP contribution is 2.45. The van der Waals surface area contributed by atoms with E-state index in [1.165, 1.54) is 32.1 Å². The van der Waals surface area contributed by atoms with Crippen LogP contribution >= 0.6 is 0 Å². The highest BCUT2D eigenvalue weighted by Gasteiger charge is 2.31. The van der Waals surface area contributed by atoms with Crippen molar-refractivity contribution in [2.75, 3.05) is 0 Å². The Morgan fingerprint density at radius 2 is 2.00 bits per heavy atom. The molecule has 0 nitrogen and oxygen atoms in total. The highest BCUT2D eigenvalue weighted by atomic mass is 14.4. The maximum atomic E-state index is 2.43. The van der Waals surface area contributed by atoms with Crippen LogP contribution in [0.3, 0.4) is 0 Å². The molecule has 2 aliphatic rings. The largest absolute Gasteiger partial charge is 0.0804 e. The van der Waals surface area contributed by atoms with Gasteiger partial charge in [-0.05, 0) is 24.7 Å². The van der Waals surface area contributed by atoms with Gasteiger partial charge in [0, 0.05) is 0 Å². The molecule has 1 saturated carbocycles. The van der Waals surface area contributed by atoms with E-state index in [0.717, 1.165) is 0 Å². The van der Waals surface area contributed by atoms with Gasteiger partial charge in [-0.1, -0.05) is 43.6 Å². The van der Waals surface area contributed by atoms with Gasteiger partial charge in [0.05, 0.1) is 0 Å². The predicted octanol–water partition coefficient (Wildman–Crippen LogP) is 3.45. The highest BCUT2D eigenvalue weighted by molar-refractivity contribution is 5.28. The Bertz CT molecular complexity index is 202. The fourth-order valence-corrected chi connectivity index (χ4v) is 2.37. The smallest absolute Gasteiger partial charge is 0.0110 e. The third-order valence-corrected chi connectivity index (χ3v) is 3.25. The first-order valence-corrected chi connectivity index (χ1v) is 4.67. The van der Waals surface area contributed by atoms with Gasteiger partial charge in [-0.3, -0.25) is 0 Å². The zero-order valence-electron chi connectivity index (χ0n) is 7.27. The molecule has 2 aliphatic carbocycles. The first kappa shape index (κ1) is 7.15. The second kappa shape index (κ2) is 2.51. The zero-order chi connectivity index (χ0) is 7.73. The summed E-state index contributed by atoms with van der Waals surface area (Å²) in [4.78, 5) is 0. The van der Waals surface area contributed by atoms with Gasteiger partial charge in [-0.2, -0.15) is 0 Å². The van der Waals surface area contributed by atoms with Crippen molar-refractivity contribution in [2.45, 2.75) is 39.0 Å². The normalized spacial score (nSPS) is 27.5. The molecule has 2 rings (SSSR count). The molecule has 60 valence electrons. The lowest BCUT2D eigenvalue weighted by atomic mass is 9.80. The van der Waals surface area contributed by atoms with Crippen molar-refractivity contribution < 1.29 is 0 Å². The molecule has 0 aromatic carbocycles. The molecular weight excluding hydrogens is 132 g/mol. The summed E-state index contributed by atoms with van der Waals surface area (Å²) in [5.41, 5.74) is 2.25. The summed E-state index contributed by atoms with van der Waals surface area (Å²) in [6, 6.07) is 0. The van der Waals surface area contributed by atoms with Crippen LogP contribution in [0.2, 0.25) is 0 Å². The molecule has 0 heteroatoms. The maximum Gasteiger partial charge on any atom is -0.0110 e. The Labute approximate surface area is 69.0 Å². The Morgan fingerprint density at radius 3 is 2.55 bits per heavy atom. The van der Waals surface area contributed by atoms with Gasteiger partial charge in [-0.25, -0.2) is 0 Å². The Kier molecular flexibility index (Phi) is 1.63. The minimum absolute atomic E-state index is 0.573. The molecular formula is C11H16. The van der Waals surface area contributed by atoms with Crippen LogP contribution < -0.4 is 0 Å². The van der Waals surface area contributed by atoms with Gasteiger partial charge in [0.25, 0.3) is 0 Å². The van der Waals surface area contributed by atoms with E-state index in [1.54, 1.807) is 5.57 Å². The van der Waals surface area contributed by atoms with E-state index in [9.17, 15) is 0 Å². The molecule has 0 atom stereocenters. The van der Waals surface area contributed by atoms with Crippen LogP contribution in [0.4, 0.5) is 0 Å². The molecule has 0 unspecified atom stereocenters. The van der Waals surface area contributed by atoms with Crippen LogP contribution in [0.1, 0.15) is 39.0 Å². The minimum atomic E-state index is 0.573. The van der Waals surface area contributed by atoms with E-state index >= 15 is 0 Å². The van der Waals surface area contributed by atoms with Crippen LogP contribution in [0.15, 0.2) is 23.8 Å². The lowest BCUT2D eigenvalue weighted by Crippen LogP contribution is -2.12. The van der Waals surface area contributed by atoms with Gasteiger partial charge < -0.3 is 0 Å². The van der Waals surface area contributed by atoms with Gasteiger partial charge in [0.15, 0.2) is 0 Å². The van der Waals surface area contributed by atoms with Crippen LogP contribution in [0.25, 0.3) is 0 Å². The van der Waals surface area contributed by atoms with Gasteiger partial charge >= 0.3 is 0 Å². The van der Waals surface area contributed by atoms with E-state index < -0.39 is 0 Å². The summed E-state index contributed by atoms with van der Waals surface area (Å²) in [6.07, 6.45) is 13.7. The van der Waals surface area contributed by atoms with Crippen molar-refractivity contribution in [3.8, 4) is 0 Å². The number of allylic oxidation sites excluding steroid dienone is 4. The van der Waals surface area contributed by atoms with Crippen molar-refractivity contribution in [1.82, 2.24) is 0 Å². The fraction of sp³-hybridized carbons (Fsp3) is 0.636. The molecule has 0 bridgehead atoms. The average Bonchev–Trinajstić information content (AvgIpc) is 2.55. The molecule has 1 fully saturated rings. The summed E-state index contributed by atoms with van der Waals surface area (Å²) < 4.78 is 0. The average molecular weight is 148 g/mol. The van der Waals surface area contributed by atoms with Gasteiger partial charge in [0.2, 0.25) is 0 Å². The Balaban J connectivity index is 2.13. The molecule has 0 heterocycles. The Hall–Kier alpha value is -0.520. The second-order valence-corrected chi connectivity index (χ2v) is 4.09. The van der Waals surface area contributed by atoms with Crippen molar-refractivity contribution in [3.05, 3.63) is 23.8 Å². The number of hydrogen-bond acceptors (Lipinski definition) is 0. The third kappa shape index (κ3) is 1.15. The third-order valence-electron chi connectivity index (χ3n) is 3.25. The second-order valence-electron chi connectivity index (χ2n) is 4.09. The lowest BCUT2D eigenvalue weighted by Gasteiger charge is -2.25. The first-order chi connectivity index (χ1) is 5.31. The minimum Gasteiger partial charge on any atom is -0.0804 e. The molecule has 0 aliphatic heterocycles. The van der Waals surface area contributed by atoms with E-state index in [0.29, 0.717) is 5.41 Å². The SMILES string of the molecule is CC1(C2=CC=CC2)CCCC1. The monoisotopic (exact) mass is 148 g/mol. The molecule has 0 spiro atoms. The van der Waals surface area contributed by atoms with Crippen molar-refractivity contribution in [1.29, 1.82) is 0 Å². The van der Waals surface area contributed by atoms with Crippen LogP contribution in [0.5, 0.6) is 0 Å².